The van der Waals surface area contributed by atoms with Crippen molar-refractivity contribution in [2.24, 2.45) is 0 Å². The van der Waals surface area contributed by atoms with Gasteiger partial charge in [-0.05, 0) is 82.2 Å². The van der Waals surface area contributed by atoms with Gasteiger partial charge in [-0.3, -0.25) is 14.8 Å². The van der Waals surface area contributed by atoms with E-state index in [1.54, 1.807) is 0 Å². The van der Waals surface area contributed by atoms with Gasteiger partial charge in [0.1, 0.15) is 11.3 Å². The van der Waals surface area contributed by atoms with E-state index < -0.39 is 0 Å². The van der Waals surface area contributed by atoms with Gasteiger partial charge in [0.05, 0.1) is 33.5 Å². The van der Waals surface area contributed by atoms with E-state index in [0.717, 1.165) is 106 Å². The molecule has 46 heavy (non-hydrogen) atoms. The van der Waals surface area contributed by atoms with Crippen LogP contribution in [0.4, 0.5) is 11.4 Å². The van der Waals surface area contributed by atoms with Crippen molar-refractivity contribution in [1.29, 1.82) is 0 Å². The van der Waals surface area contributed by atoms with Gasteiger partial charge in [0.15, 0.2) is 0 Å². The van der Waals surface area contributed by atoms with Crippen LogP contribution in [-0.2, 0) is 13.1 Å². The van der Waals surface area contributed by atoms with Gasteiger partial charge in [0, 0.05) is 47.2 Å². The zero-order valence-corrected chi connectivity index (χ0v) is 26.0. The number of phenolic OH excluding ortho intramolecular Hbond substituents is 1. The lowest BCUT2D eigenvalue weighted by Gasteiger charge is -2.22. The highest BCUT2D eigenvalue weighted by Crippen LogP contribution is 2.37. The first-order valence-corrected chi connectivity index (χ1v) is 16.5. The third-order valence-electron chi connectivity index (χ3n) is 9.37. The Morgan fingerprint density at radius 1 is 0.630 bits per heavy atom. The molecule has 4 aromatic carbocycles. The summed E-state index contributed by atoms with van der Waals surface area (Å²) in [6.45, 7) is 5.81. The van der Waals surface area contributed by atoms with E-state index >= 15 is 0 Å². The van der Waals surface area contributed by atoms with Crippen molar-refractivity contribution in [3.05, 3.63) is 108 Å². The number of pyridine rings is 1. The van der Waals surface area contributed by atoms with Crippen molar-refractivity contribution >= 4 is 33.3 Å². The number of hydrogen-bond acceptors (Lipinski definition) is 7. The van der Waals surface area contributed by atoms with Crippen molar-refractivity contribution in [3.8, 4) is 28.3 Å². The molecule has 2 N–H and O–H groups in total. The summed E-state index contributed by atoms with van der Waals surface area (Å²) in [5.74, 6) is 0.432. The predicted octanol–water partition coefficient (Wildman–Crippen LogP) is 8.15. The lowest BCUT2D eigenvalue weighted by molar-refractivity contribution is 0.312. The first kappa shape index (κ1) is 28.6. The topological polar surface area (TPSA) is 77.4 Å². The maximum atomic E-state index is 11.5. The van der Waals surface area contributed by atoms with E-state index in [-0.39, 0.29) is 0 Å². The molecule has 6 aromatic rings. The number of nitrogens with zero attached hydrogens (tertiary/aromatic N) is 5. The summed E-state index contributed by atoms with van der Waals surface area (Å²) in [5, 5.41) is 16.1. The highest BCUT2D eigenvalue weighted by atomic mass is 16.3. The Bertz CT molecular complexity index is 1960. The lowest BCUT2D eigenvalue weighted by Crippen LogP contribution is -2.20. The van der Waals surface area contributed by atoms with E-state index in [1.807, 2.05) is 60.8 Å². The number of likely N-dealkylation sites (tertiary alicyclic amines) is 2. The monoisotopic (exact) mass is 606 g/mol. The zero-order chi connectivity index (χ0) is 30.9. The molecule has 2 saturated heterocycles. The summed E-state index contributed by atoms with van der Waals surface area (Å²) in [4.78, 5) is 20.2. The van der Waals surface area contributed by atoms with Crippen LogP contribution in [0, 0.1) is 0 Å². The minimum Gasteiger partial charge on any atom is -0.507 e. The number of rotatable bonds is 8. The first-order valence-electron chi connectivity index (χ1n) is 16.5. The Morgan fingerprint density at radius 3 is 1.76 bits per heavy atom. The second kappa shape index (κ2) is 12.5. The highest BCUT2D eigenvalue weighted by Gasteiger charge is 2.21. The van der Waals surface area contributed by atoms with E-state index in [2.05, 4.69) is 51.5 Å². The molecule has 8 rings (SSSR count). The maximum Gasteiger partial charge on any atom is 0.124 e. The molecule has 4 heterocycles. The fourth-order valence-electron chi connectivity index (χ4n) is 7.05. The zero-order valence-electron chi connectivity index (χ0n) is 26.0. The molecule has 2 aromatic heterocycles. The molecule has 0 saturated carbocycles. The molecule has 0 atom stereocenters. The Hall–Kier alpha value is -4.85. The van der Waals surface area contributed by atoms with Crippen LogP contribution in [0.15, 0.2) is 97.2 Å². The molecule has 230 valence electrons. The molecular formula is C39H38N6O. The van der Waals surface area contributed by atoms with Gasteiger partial charge in [0.25, 0.3) is 0 Å². The molecule has 0 spiro atoms. The number of fused-ring (bicyclic) bond motifs is 3. The third kappa shape index (κ3) is 5.68. The van der Waals surface area contributed by atoms with Crippen molar-refractivity contribution < 1.29 is 5.11 Å². The van der Waals surface area contributed by atoms with Gasteiger partial charge in [-0.25, -0.2) is 9.97 Å². The molecule has 2 aliphatic heterocycles. The number of nitrogens with one attached hydrogen (secondary N) is 1. The largest absolute Gasteiger partial charge is 0.507 e. The molecule has 0 radical (unpaired) electrons. The summed E-state index contributed by atoms with van der Waals surface area (Å²) in [6, 6.07) is 30.9. The molecule has 0 aliphatic carbocycles. The average Bonchev–Trinajstić information content (AvgIpc) is 3.82. The van der Waals surface area contributed by atoms with Gasteiger partial charge in [-0.15, -0.1) is 0 Å². The minimum absolute atomic E-state index is 0.432. The van der Waals surface area contributed by atoms with Gasteiger partial charge >= 0.3 is 0 Å². The van der Waals surface area contributed by atoms with Crippen LogP contribution in [-0.4, -0.2) is 56.0 Å². The van der Waals surface area contributed by atoms with Crippen molar-refractivity contribution in [2.45, 2.75) is 38.8 Å². The van der Waals surface area contributed by atoms with Gasteiger partial charge in [0.2, 0.25) is 0 Å². The second-order valence-electron chi connectivity index (χ2n) is 12.6. The van der Waals surface area contributed by atoms with Crippen LogP contribution in [0.1, 0.15) is 36.8 Å². The quantitative estimate of drug-likeness (QED) is 0.134. The van der Waals surface area contributed by atoms with E-state index in [4.69, 9.17) is 15.0 Å². The van der Waals surface area contributed by atoms with Crippen LogP contribution in [0.3, 0.4) is 0 Å². The first-order chi connectivity index (χ1) is 22.7. The summed E-state index contributed by atoms with van der Waals surface area (Å²) in [6.07, 6.45) is 6.71. The number of aromatic hydroxyl groups is 1. The van der Waals surface area contributed by atoms with Gasteiger partial charge in [-0.1, -0.05) is 60.7 Å². The normalized spacial score (nSPS) is 15.7. The number of phenols is 1. The Balaban J connectivity index is 1.26. The number of benzene rings is 4. The Morgan fingerprint density at radius 2 is 1.17 bits per heavy atom. The molecular weight excluding hydrogens is 568 g/mol. The average molecular weight is 607 g/mol. The van der Waals surface area contributed by atoms with Crippen LogP contribution in [0.5, 0.6) is 5.75 Å². The molecule has 2 fully saturated rings. The fraction of sp³-hybridized carbons (Fsp3) is 0.256. The van der Waals surface area contributed by atoms with Gasteiger partial charge < -0.3 is 10.4 Å². The Labute approximate surface area is 269 Å². The molecule has 7 nitrogen and oxygen atoms in total. The molecule has 7 heteroatoms. The molecule has 0 bridgehead atoms. The Kier molecular flexibility index (Phi) is 7.78. The standard InChI is InChI=1S/C39H38N6O/c46-39-29(25-44-19-7-8-20-44)23-31(24-30(39)26-45-21-9-10-22-45)41-33-17-18-40-32-15-16-34-38(35(32)33)43-37(28-13-5-2-6-14-28)36(42-34)27-11-3-1-4-12-27/h1-6,11-18,23-24,46H,7-10,19-22,25-26H2,(H,40,41). The summed E-state index contributed by atoms with van der Waals surface area (Å²) < 4.78 is 0. The fourth-order valence-corrected chi connectivity index (χ4v) is 7.05. The van der Waals surface area contributed by atoms with Crippen molar-refractivity contribution in [2.75, 3.05) is 31.5 Å². The number of anilines is 2. The minimum atomic E-state index is 0.432. The van der Waals surface area contributed by atoms with E-state index in [1.165, 1.54) is 25.7 Å². The third-order valence-corrected chi connectivity index (χ3v) is 9.37. The van der Waals surface area contributed by atoms with Crippen LogP contribution in [0.2, 0.25) is 0 Å². The number of aromatic nitrogens is 3. The molecule has 0 amide bonds. The predicted molar refractivity (Wildman–Crippen MR) is 186 cm³/mol. The molecule has 2 aliphatic rings. The van der Waals surface area contributed by atoms with Crippen molar-refractivity contribution in [3.63, 3.8) is 0 Å². The van der Waals surface area contributed by atoms with E-state index in [0.29, 0.717) is 5.75 Å². The van der Waals surface area contributed by atoms with E-state index in [9.17, 15) is 5.11 Å². The van der Waals surface area contributed by atoms with Crippen LogP contribution in [0.25, 0.3) is 44.5 Å². The van der Waals surface area contributed by atoms with Crippen molar-refractivity contribution in [1.82, 2.24) is 24.8 Å². The van der Waals surface area contributed by atoms with Crippen LogP contribution >= 0.6 is 0 Å². The summed E-state index contributed by atoms with van der Waals surface area (Å²) in [5.41, 5.74) is 10.0. The summed E-state index contributed by atoms with van der Waals surface area (Å²) in [7, 11) is 0. The lowest BCUT2D eigenvalue weighted by atomic mass is 10.0. The second-order valence-corrected chi connectivity index (χ2v) is 12.6. The van der Waals surface area contributed by atoms with Gasteiger partial charge in [-0.2, -0.15) is 0 Å². The van der Waals surface area contributed by atoms with Crippen LogP contribution < -0.4 is 5.32 Å². The number of hydrogen-bond donors (Lipinski definition) is 2. The smallest absolute Gasteiger partial charge is 0.124 e. The molecule has 0 unspecified atom stereocenters. The maximum absolute atomic E-state index is 11.5. The summed E-state index contributed by atoms with van der Waals surface area (Å²) >= 11 is 0. The SMILES string of the molecule is Oc1c(CN2CCCC2)cc(Nc2ccnc3ccc4nc(-c5ccccc5)c(-c5ccccc5)nc4c23)cc1CN1CCCC1. The highest BCUT2D eigenvalue weighted by molar-refractivity contribution is 6.10.